The normalized spacial score (nSPS) is 14.4. The molecule has 1 aliphatic heterocycles. The highest BCUT2D eigenvalue weighted by Gasteiger charge is 2.29. The van der Waals surface area contributed by atoms with Gasteiger partial charge in [-0.2, -0.15) is 0 Å². The van der Waals surface area contributed by atoms with Gasteiger partial charge < -0.3 is 25.4 Å². The molecule has 1 amide bonds. The summed E-state index contributed by atoms with van der Waals surface area (Å²) in [7, 11) is 5.09. The quantitative estimate of drug-likeness (QED) is 0.652. The van der Waals surface area contributed by atoms with Crippen molar-refractivity contribution in [3.8, 4) is 11.5 Å². The molecule has 2 aromatic carbocycles. The number of rotatable bonds is 7. The minimum atomic E-state index is -0.128. The van der Waals surface area contributed by atoms with Crippen molar-refractivity contribution in [2.75, 3.05) is 31.9 Å². The first-order valence-electron chi connectivity index (χ1n) is 8.92. The number of carbonyl (C=O) groups excluding carboxylic acids is 1. The van der Waals surface area contributed by atoms with E-state index in [1.807, 2.05) is 32.2 Å². The molecule has 1 heterocycles. The second-order valence-electron chi connectivity index (χ2n) is 6.27. The third-order valence-electron chi connectivity index (χ3n) is 4.55. The fourth-order valence-corrected chi connectivity index (χ4v) is 3.21. The highest BCUT2D eigenvalue weighted by molar-refractivity contribution is 6.32. The molecule has 0 aromatic heterocycles. The molecule has 3 N–H and O–H groups in total. The smallest absolute Gasteiger partial charge is 0.258 e. The van der Waals surface area contributed by atoms with Crippen LogP contribution in [0.5, 0.6) is 11.5 Å². The van der Waals surface area contributed by atoms with E-state index in [4.69, 9.17) is 9.47 Å². The van der Waals surface area contributed by atoms with Crippen LogP contribution in [0, 0.1) is 0 Å². The van der Waals surface area contributed by atoms with Gasteiger partial charge in [-0.15, -0.1) is 0 Å². The summed E-state index contributed by atoms with van der Waals surface area (Å²) < 4.78 is 10.7. The number of hydrogen-bond acceptors (Lipinski definition) is 5. The summed E-state index contributed by atoms with van der Waals surface area (Å²) in [5.74, 6) is 1.05. The summed E-state index contributed by atoms with van der Waals surface area (Å²) in [4.78, 5) is 12.7. The summed E-state index contributed by atoms with van der Waals surface area (Å²) in [6.07, 6.45) is 0.689. The van der Waals surface area contributed by atoms with Gasteiger partial charge in [-0.3, -0.25) is 4.79 Å². The van der Waals surface area contributed by atoms with Crippen molar-refractivity contribution in [2.45, 2.75) is 19.9 Å². The average molecular weight is 367 g/mol. The Morgan fingerprint density at radius 1 is 1.07 bits per heavy atom. The number of benzene rings is 2. The van der Waals surface area contributed by atoms with E-state index in [-0.39, 0.29) is 5.91 Å². The predicted octanol–water partition coefficient (Wildman–Crippen LogP) is 3.61. The van der Waals surface area contributed by atoms with E-state index >= 15 is 0 Å². The Kier molecular flexibility index (Phi) is 5.66. The zero-order chi connectivity index (χ0) is 19.4. The molecule has 0 bridgehead atoms. The number of methoxy groups -OCH3 is 2. The Hall–Kier alpha value is -2.99. The van der Waals surface area contributed by atoms with Crippen LogP contribution >= 0.6 is 0 Å². The lowest BCUT2D eigenvalue weighted by molar-refractivity contribution is -0.110. The Labute approximate surface area is 159 Å². The molecule has 0 spiro atoms. The van der Waals surface area contributed by atoms with Crippen molar-refractivity contribution in [3.05, 3.63) is 53.2 Å². The summed E-state index contributed by atoms with van der Waals surface area (Å²) in [5.41, 5.74) is 5.18. The average Bonchev–Trinajstić information content (AvgIpc) is 3.01. The van der Waals surface area contributed by atoms with Crippen LogP contribution in [-0.2, 0) is 11.3 Å². The topological polar surface area (TPSA) is 71.6 Å². The summed E-state index contributed by atoms with van der Waals surface area (Å²) in [5, 5.41) is 9.46. The first kappa shape index (κ1) is 18.8. The molecular weight excluding hydrogens is 342 g/mol. The lowest BCUT2D eigenvalue weighted by atomic mass is 10.0. The number of ether oxygens (including phenoxy) is 2. The minimum absolute atomic E-state index is 0.128. The zero-order valence-electron chi connectivity index (χ0n) is 16.1. The molecular formula is C21H25N3O3. The van der Waals surface area contributed by atoms with Crippen LogP contribution in [0.1, 0.15) is 24.5 Å². The SMILES string of the molecule is CC/C(Nc1ccc(CNC)cc1)=C1/C(=O)Nc2cc(OC)c(OC)cc21. The fourth-order valence-electron chi connectivity index (χ4n) is 3.21. The van der Waals surface area contributed by atoms with Crippen LogP contribution in [0.15, 0.2) is 42.1 Å². The summed E-state index contributed by atoms with van der Waals surface area (Å²) in [6, 6.07) is 11.8. The van der Waals surface area contributed by atoms with Gasteiger partial charge in [-0.25, -0.2) is 0 Å². The van der Waals surface area contributed by atoms with E-state index in [0.29, 0.717) is 23.5 Å². The van der Waals surface area contributed by atoms with Crippen molar-refractivity contribution in [3.63, 3.8) is 0 Å². The third kappa shape index (κ3) is 3.75. The van der Waals surface area contributed by atoms with Gasteiger partial charge in [0.2, 0.25) is 0 Å². The van der Waals surface area contributed by atoms with E-state index in [1.165, 1.54) is 5.56 Å². The Bertz CT molecular complexity index is 873. The van der Waals surface area contributed by atoms with Gasteiger partial charge >= 0.3 is 0 Å². The molecule has 6 heteroatoms. The molecule has 0 radical (unpaired) electrons. The van der Waals surface area contributed by atoms with Gasteiger partial charge in [-0.05, 0) is 37.2 Å². The molecule has 0 saturated heterocycles. The van der Waals surface area contributed by atoms with Crippen LogP contribution in [0.25, 0.3) is 5.57 Å². The second-order valence-corrected chi connectivity index (χ2v) is 6.27. The van der Waals surface area contributed by atoms with Gasteiger partial charge in [0.15, 0.2) is 11.5 Å². The van der Waals surface area contributed by atoms with Gasteiger partial charge in [0.1, 0.15) is 0 Å². The maximum absolute atomic E-state index is 12.7. The van der Waals surface area contributed by atoms with Crippen molar-refractivity contribution in [1.82, 2.24) is 5.32 Å². The molecule has 6 nitrogen and oxygen atoms in total. The second kappa shape index (κ2) is 8.14. The molecule has 3 rings (SSSR count). The van der Waals surface area contributed by atoms with Crippen LogP contribution in [0.3, 0.4) is 0 Å². The van der Waals surface area contributed by atoms with Gasteiger partial charge in [0, 0.05) is 29.6 Å². The van der Waals surface area contributed by atoms with E-state index in [1.54, 1.807) is 20.3 Å². The van der Waals surface area contributed by atoms with Gasteiger partial charge in [0.25, 0.3) is 5.91 Å². The van der Waals surface area contributed by atoms with E-state index in [9.17, 15) is 4.79 Å². The number of amides is 1. The fraction of sp³-hybridized carbons (Fsp3) is 0.286. The predicted molar refractivity (Wildman–Crippen MR) is 108 cm³/mol. The van der Waals surface area contributed by atoms with Crippen molar-refractivity contribution >= 4 is 22.9 Å². The first-order valence-corrected chi connectivity index (χ1v) is 8.92. The molecule has 0 unspecified atom stereocenters. The number of hydrogen-bond donors (Lipinski definition) is 3. The maximum atomic E-state index is 12.7. The number of fused-ring (bicyclic) bond motifs is 1. The Morgan fingerprint density at radius 3 is 2.33 bits per heavy atom. The Balaban J connectivity index is 1.99. The zero-order valence-corrected chi connectivity index (χ0v) is 16.1. The highest BCUT2D eigenvalue weighted by atomic mass is 16.5. The maximum Gasteiger partial charge on any atom is 0.258 e. The molecule has 142 valence electrons. The standard InChI is InChI=1S/C21H25N3O3/c1-5-16(23-14-8-6-13(7-9-14)12-22-2)20-15-10-18(26-3)19(27-4)11-17(15)24-21(20)25/h6-11,22-23H,5,12H2,1-4H3,(H,24,25)/b20-16-. The number of carbonyl (C=O) groups is 1. The lowest BCUT2D eigenvalue weighted by Crippen LogP contribution is -2.10. The third-order valence-corrected chi connectivity index (χ3v) is 4.55. The lowest BCUT2D eigenvalue weighted by Gasteiger charge is -2.14. The first-order chi connectivity index (χ1) is 13.1. The molecule has 0 aliphatic carbocycles. The van der Waals surface area contributed by atoms with Crippen molar-refractivity contribution < 1.29 is 14.3 Å². The Morgan fingerprint density at radius 2 is 1.74 bits per heavy atom. The molecule has 0 fully saturated rings. The van der Waals surface area contributed by atoms with E-state index < -0.39 is 0 Å². The number of anilines is 2. The van der Waals surface area contributed by atoms with Crippen LogP contribution in [0.4, 0.5) is 11.4 Å². The summed E-state index contributed by atoms with van der Waals surface area (Å²) in [6.45, 7) is 2.84. The highest BCUT2D eigenvalue weighted by Crippen LogP contribution is 2.42. The molecule has 0 saturated carbocycles. The summed E-state index contributed by atoms with van der Waals surface area (Å²) >= 11 is 0. The molecule has 1 aliphatic rings. The van der Waals surface area contributed by atoms with Crippen LogP contribution in [0.2, 0.25) is 0 Å². The number of nitrogens with one attached hydrogen (secondary N) is 3. The monoisotopic (exact) mass is 367 g/mol. The van der Waals surface area contributed by atoms with Gasteiger partial charge in [0.05, 0.1) is 25.5 Å². The molecule has 27 heavy (non-hydrogen) atoms. The van der Waals surface area contributed by atoms with Crippen molar-refractivity contribution in [2.24, 2.45) is 0 Å². The van der Waals surface area contributed by atoms with E-state index in [2.05, 4.69) is 28.1 Å². The number of allylic oxidation sites excluding steroid dienone is 1. The van der Waals surface area contributed by atoms with Crippen molar-refractivity contribution in [1.29, 1.82) is 0 Å². The molecule has 0 atom stereocenters. The molecule has 2 aromatic rings. The van der Waals surface area contributed by atoms with E-state index in [0.717, 1.165) is 29.2 Å². The minimum Gasteiger partial charge on any atom is -0.493 e. The van der Waals surface area contributed by atoms with Crippen LogP contribution in [-0.4, -0.2) is 27.2 Å². The van der Waals surface area contributed by atoms with Crippen LogP contribution < -0.4 is 25.4 Å². The van der Waals surface area contributed by atoms with Gasteiger partial charge in [-0.1, -0.05) is 19.1 Å². The largest absolute Gasteiger partial charge is 0.493 e.